The second kappa shape index (κ2) is 63.4. The molecule has 0 aliphatic carbocycles. The number of unbranched alkanes of at least 4 members (excludes halogenated alkanes) is 36. The van der Waals surface area contributed by atoms with Gasteiger partial charge < -0.3 is 14.2 Å². The molecule has 0 aliphatic heterocycles. The van der Waals surface area contributed by atoms with Crippen LogP contribution in [0.5, 0.6) is 0 Å². The van der Waals surface area contributed by atoms with E-state index in [-0.39, 0.29) is 31.1 Å². The van der Waals surface area contributed by atoms with Crippen molar-refractivity contribution in [2.24, 2.45) is 0 Å². The number of carbonyl (C=O) groups is 3. The molecule has 75 heavy (non-hydrogen) atoms. The molecule has 0 saturated heterocycles. The van der Waals surface area contributed by atoms with Crippen LogP contribution in [-0.4, -0.2) is 37.2 Å². The highest BCUT2D eigenvalue weighted by Crippen LogP contribution is 2.17. The zero-order valence-electron chi connectivity index (χ0n) is 49.8. The van der Waals surface area contributed by atoms with Gasteiger partial charge in [0.15, 0.2) is 6.10 Å². The van der Waals surface area contributed by atoms with E-state index >= 15 is 0 Å². The van der Waals surface area contributed by atoms with Gasteiger partial charge >= 0.3 is 17.9 Å². The van der Waals surface area contributed by atoms with Crippen molar-refractivity contribution in [2.45, 2.75) is 335 Å². The molecule has 0 aliphatic rings. The van der Waals surface area contributed by atoms with Gasteiger partial charge in [-0.2, -0.15) is 0 Å². The fourth-order valence-corrected chi connectivity index (χ4v) is 9.39. The Morgan fingerprint density at radius 1 is 0.280 bits per heavy atom. The molecule has 1 atom stereocenters. The lowest BCUT2D eigenvalue weighted by Crippen LogP contribution is -2.30. The molecule has 0 aromatic heterocycles. The Balaban J connectivity index is 4.11. The SMILES string of the molecule is CC/C=C\C/C=C\C/C=C\C/C=C\C/C=C\C/C=C\CCCCCCCCCCCCC(=O)OCC(COC(=O)CCCCCCCCC)OC(=O)CCCCCCCCCCCCCCCCCCCCCCC. The molecule has 0 radical (unpaired) electrons. The van der Waals surface area contributed by atoms with Gasteiger partial charge in [0.25, 0.3) is 0 Å². The van der Waals surface area contributed by atoms with Crippen LogP contribution in [0, 0.1) is 0 Å². The van der Waals surface area contributed by atoms with Crippen LogP contribution in [0.4, 0.5) is 0 Å². The van der Waals surface area contributed by atoms with Crippen LogP contribution < -0.4 is 0 Å². The van der Waals surface area contributed by atoms with Crippen LogP contribution in [0.15, 0.2) is 72.9 Å². The fourth-order valence-electron chi connectivity index (χ4n) is 9.39. The monoisotopic (exact) mass is 1050 g/mol. The molecule has 0 bridgehead atoms. The van der Waals surface area contributed by atoms with Gasteiger partial charge in [-0.15, -0.1) is 0 Å². The zero-order chi connectivity index (χ0) is 54.3. The minimum Gasteiger partial charge on any atom is -0.462 e. The smallest absolute Gasteiger partial charge is 0.306 e. The summed E-state index contributed by atoms with van der Waals surface area (Å²) in [5, 5.41) is 0. The zero-order valence-corrected chi connectivity index (χ0v) is 49.8. The highest BCUT2D eigenvalue weighted by molar-refractivity contribution is 5.71. The maximum absolute atomic E-state index is 12.9. The van der Waals surface area contributed by atoms with E-state index in [1.807, 2.05) is 0 Å². The van der Waals surface area contributed by atoms with Gasteiger partial charge in [0.05, 0.1) is 0 Å². The van der Waals surface area contributed by atoms with Crippen LogP contribution >= 0.6 is 0 Å². The first-order valence-electron chi connectivity index (χ1n) is 32.4. The van der Waals surface area contributed by atoms with Crippen LogP contribution in [0.2, 0.25) is 0 Å². The lowest BCUT2D eigenvalue weighted by molar-refractivity contribution is -0.167. The third-order valence-electron chi connectivity index (χ3n) is 14.2. The minimum absolute atomic E-state index is 0.0723. The molecule has 6 nitrogen and oxygen atoms in total. The summed E-state index contributed by atoms with van der Waals surface area (Å²) < 4.78 is 16.9. The molecule has 0 spiro atoms. The quantitative estimate of drug-likeness (QED) is 0.0261. The van der Waals surface area contributed by atoms with Crippen LogP contribution in [0.25, 0.3) is 0 Å². The van der Waals surface area contributed by atoms with Gasteiger partial charge in [-0.1, -0.05) is 312 Å². The third kappa shape index (κ3) is 61.6. The normalized spacial score (nSPS) is 12.5. The van der Waals surface area contributed by atoms with Gasteiger partial charge in [-0.05, 0) is 70.6 Å². The summed E-state index contributed by atoms with van der Waals surface area (Å²) >= 11 is 0. The molecule has 1 unspecified atom stereocenters. The summed E-state index contributed by atoms with van der Waals surface area (Å²) in [6, 6.07) is 0. The second-order valence-electron chi connectivity index (χ2n) is 21.7. The highest BCUT2D eigenvalue weighted by Gasteiger charge is 2.19. The summed E-state index contributed by atoms with van der Waals surface area (Å²) in [4.78, 5) is 38.1. The molecule has 0 rings (SSSR count). The lowest BCUT2D eigenvalue weighted by atomic mass is 10.0. The van der Waals surface area contributed by atoms with Crippen molar-refractivity contribution in [3.63, 3.8) is 0 Å². The Kier molecular flexibility index (Phi) is 60.7. The van der Waals surface area contributed by atoms with Crippen molar-refractivity contribution in [2.75, 3.05) is 13.2 Å². The van der Waals surface area contributed by atoms with Gasteiger partial charge in [0.2, 0.25) is 0 Å². The summed E-state index contributed by atoms with van der Waals surface area (Å²) in [6.07, 6.45) is 82.2. The maximum atomic E-state index is 12.9. The van der Waals surface area contributed by atoms with Crippen LogP contribution in [-0.2, 0) is 28.6 Å². The average molecular weight is 1050 g/mol. The molecule has 0 aromatic rings. The molecule has 0 saturated carbocycles. The Morgan fingerprint density at radius 3 is 0.813 bits per heavy atom. The van der Waals surface area contributed by atoms with Crippen molar-refractivity contribution in [1.82, 2.24) is 0 Å². The number of ether oxygens (including phenoxy) is 3. The van der Waals surface area contributed by atoms with Crippen molar-refractivity contribution in [1.29, 1.82) is 0 Å². The first-order valence-corrected chi connectivity index (χ1v) is 32.4. The van der Waals surface area contributed by atoms with Crippen molar-refractivity contribution < 1.29 is 28.6 Å². The first kappa shape index (κ1) is 71.8. The van der Waals surface area contributed by atoms with Crippen molar-refractivity contribution >= 4 is 17.9 Å². The minimum atomic E-state index is -0.772. The van der Waals surface area contributed by atoms with Crippen molar-refractivity contribution in [3.05, 3.63) is 72.9 Å². The standard InChI is InChI=1S/C69H122O6/c1-4-7-10-13-16-18-20-22-24-26-28-30-31-32-33-34-35-36-37-39-40-42-44-46-48-50-53-56-59-62-68(71)74-65-66(64-73-67(70)61-58-55-52-15-12-9-6-3)75-69(72)63-60-57-54-51-49-47-45-43-41-38-29-27-25-23-21-19-17-14-11-8-5-2/h7,10,16,18,22,24,28,30,32-33,35-36,66H,4-6,8-9,11-15,17,19-21,23,25-27,29,31,34,37-65H2,1-3H3/b10-7-,18-16-,24-22-,30-28-,33-32-,36-35-. The Hall–Kier alpha value is -3.15. The Bertz CT molecular complexity index is 1390. The average Bonchev–Trinajstić information content (AvgIpc) is 3.41. The summed E-state index contributed by atoms with van der Waals surface area (Å²) in [5.41, 5.74) is 0. The number of esters is 3. The highest BCUT2D eigenvalue weighted by atomic mass is 16.6. The van der Waals surface area contributed by atoms with Gasteiger partial charge in [0, 0.05) is 19.3 Å². The van der Waals surface area contributed by atoms with Gasteiger partial charge in [-0.3, -0.25) is 14.4 Å². The summed E-state index contributed by atoms with van der Waals surface area (Å²) in [7, 11) is 0. The molecule has 434 valence electrons. The van der Waals surface area contributed by atoms with E-state index in [0.717, 1.165) is 96.3 Å². The maximum Gasteiger partial charge on any atom is 0.306 e. The number of hydrogen-bond donors (Lipinski definition) is 0. The van der Waals surface area contributed by atoms with Crippen LogP contribution in [0.3, 0.4) is 0 Å². The predicted octanol–water partition coefficient (Wildman–Crippen LogP) is 22.1. The number of allylic oxidation sites excluding steroid dienone is 12. The first-order chi connectivity index (χ1) is 37.0. The largest absolute Gasteiger partial charge is 0.462 e. The predicted molar refractivity (Wildman–Crippen MR) is 325 cm³/mol. The molecular formula is C69H122O6. The molecule has 0 fully saturated rings. The van der Waals surface area contributed by atoms with Gasteiger partial charge in [-0.25, -0.2) is 0 Å². The Morgan fingerprint density at radius 2 is 0.520 bits per heavy atom. The number of hydrogen-bond acceptors (Lipinski definition) is 6. The van der Waals surface area contributed by atoms with Crippen molar-refractivity contribution in [3.8, 4) is 0 Å². The molecule has 0 heterocycles. The second-order valence-corrected chi connectivity index (χ2v) is 21.7. The van der Waals surface area contributed by atoms with Gasteiger partial charge in [0.1, 0.15) is 13.2 Å². The number of rotatable bonds is 59. The van der Waals surface area contributed by atoms with E-state index < -0.39 is 6.10 Å². The van der Waals surface area contributed by atoms with E-state index in [9.17, 15) is 14.4 Å². The molecule has 0 N–H and O–H groups in total. The fraction of sp³-hybridized carbons (Fsp3) is 0.783. The molecule has 0 amide bonds. The topological polar surface area (TPSA) is 78.9 Å². The molecule has 0 aromatic carbocycles. The van der Waals surface area contributed by atoms with E-state index in [1.165, 1.54) is 193 Å². The third-order valence-corrected chi connectivity index (χ3v) is 14.2. The van der Waals surface area contributed by atoms with Crippen LogP contribution in [0.1, 0.15) is 329 Å². The molecular weight excluding hydrogens is 925 g/mol. The number of carbonyl (C=O) groups excluding carboxylic acids is 3. The molecule has 6 heteroatoms. The lowest BCUT2D eigenvalue weighted by Gasteiger charge is -2.18. The Labute approximate surface area is 465 Å². The summed E-state index contributed by atoms with van der Waals surface area (Å²) in [6.45, 7) is 6.52. The summed E-state index contributed by atoms with van der Waals surface area (Å²) in [5.74, 6) is -0.867. The van der Waals surface area contributed by atoms with E-state index in [0.29, 0.717) is 19.3 Å². The van der Waals surface area contributed by atoms with E-state index in [2.05, 4.69) is 93.7 Å². The van der Waals surface area contributed by atoms with E-state index in [4.69, 9.17) is 14.2 Å². The van der Waals surface area contributed by atoms with E-state index in [1.54, 1.807) is 0 Å².